The maximum Gasteiger partial charge on any atom is 0.165 e. The highest BCUT2D eigenvalue weighted by atomic mass is 19.1. The summed E-state index contributed by atoms with van der Waals surface area (Å²) in [6.45, 7) is 1.91. The van der Waals surface area contributed by atoms with Crippen LogP contribution in [0.1, 0.15) is 25.3 Å². The summed E-state index contributed by atoms with van der Waals surface area (Å²) in [6, 6.07) is 5.75. The number of aliphatic hydroxyl groups excluding tert-OH is 1. The van der Waals surface area contributed by atoms with Crippen molar-refractivity contribution in [1.82, 2.24) is 0 Å². The van der Waals surface area contributed by atoms with Gasteiger partial charge in [0.05, 0.1) is 0 Å². The quantitative estimate of drug-likeness (QED) is 0.808. The SMILES string of the molecule is CCCC(O)C(=O)Cc1ccc(F)cc1. The molecule has 0 aliphatic heterocycles. The molecule has 0 amide bonds. The molecule has 0 fully saturated rings. The third-order valence-electron chi connectivity index (χ3n) is 2.23. The van der Waals surface area contributed by atoms with Crippen molar-refractivity contribution in [2.75, 3.05) is 0 Å². The van der Waals surface area contributed by atoms with Crippen molar-refractivity contribution < 1.29 is 14.3 Å². The molecule has 82 valence electrons. The summed E-state index contributed by atoms with van der Waals surface area (Å²) in [7, 11) is 0. The van der Waals surface area contributed by atoms with Crippen LogP contribution in [0.2, 0.25) is 0 Å². The van der Waals surface area contributed by atoms with Crippen LogP contribution in [-0.4, -0.2) is 17.0 Å². The van der Waals surface area contributed by atoms with E-state index >= 15 is 0 Å². The molecule has 1 aromatic carbocycles. The Morgan fingerprint density at radius 1 is 1.40 bits per heavy atom. The topological polar surface area (TPSA) is 37.3 Å². The molecule has 2 nitrogen and oxygen atoms in total. The lowest BCUT2D eigenvalue weighted by Crippen LogP contribution is -2.21. The Kier molecular flexibility index (Phi) is 4.43. The van der Waals surface area contributed by atoms with E-state index in [2.05, 4.69) is 0 Å². The Hall–Kier alpha value is -1.22. The maximum atomic E-state index is 12.6. The molecule has 0 aliphatic carbocycles. The second kappa shape index (κ2) is 5.61. The number of hydrogen-bond donors (Lipinski definition) is 1. The summed E-state index contributed by atoms with van der Waals surface area (Å²) in [5.41, 5.74) is 0.733. The number of benzene rings is 1. The molecule has 15 heavy (non-hydrogen) atoms. The number of hydrogen-bond acceptors (Lipinski definition) is 2. The van der Waals surface area contributed by atoms with Crippen molar-refractivity contribution in [2.24, 2.45) is 0 Å². The van der Waals surface area contributed by atoms with E-state index in [0.29, 0.717) is 6.42 Å². The van der Waals surface area contributed by atoms with E-state index in [4.69, 9.17) is 0 Å². The van der Waals surface area contributed by atoms with Gasteiger partial charge in [-0.05, 0) is 24.1 Å². The van der Waals surface area contributed by atoms with Gasteiger partial charge in [-0.15, -0.1) is 0 Å². The van der Waals surface area contributed by atoms with E-state index in [-0.39, 0.29) is 18.0 Å². The number of Topliss-reactive ketones (excluding diaryl/α,β-unsaturated/α-hetero) is 1. The van der Waals surface area contributed by atoms with Gasteiger partial charge in [-0.1, -0.05) is 25.5 Å². The molecule has 0 heterocycles. The molecule has 0 aliphatic rings. The lowest BCUT2D eigenvalue weighted by atomic mass is 10.0. The smallest absolute Gasteiger partial charge is 0.165 e. The number of aliphatic hydroxyl groups is 1. The molecule has 0 bridgehead atoms. The van der Waals surface area contributed by atoms with Crippen molar-refractivity contribution in [1.29, 1.82) is 0 Å². The van der Waals surface area contributed by atoms with E-state index in [1.165, 1.54) is 12.1 Å². The van der Waals surface area contributed by atoms with Crippen LogP contribution in [0.3, 0.4) is 0 Å². The molecule has 1 rings (SSSR count). The van der Waals surface area contributed by atoms with Gasteiger partial charge in [-0.3, -0.25) is 4.79 Å². The second-order valence-electron chi connectivity index (χ2n) is 3.57. The van der Waals surface area contributed by atoms with Crippen molar-refractivity contribution >= 4 is 5.78 Å². The van der Waals surface area contributed by atoms with Gasteiger partial charge in [0.15, 0.2) is 5.78 Å². The average molecular weight is 210 g/mol. The van der Waals surface area contributed by atoms with Gasteiger partial charge in [0.2, 0.25) is 0 Å². The van der Waals surface area contributed by atoms with E-state index in [1.807, 2.05) is 6.92 Å². The van der Waals surface area contributed by atoms with E-state index in [9.17, 15) is 14.3 Å². The van der Waals surface area contributed by atoms with E-state index < -0.39 is 6.10 Å². The van der Waals surface area contributed by atoms with Crippen LogP contribution >= 0.6 is 0 Å². The van der Waals surface area contributed by atoms with Crippen LogP contribution < -0.4 is 0 Å². The lowest BCUT2D eigenvalue weighted by Gasteiger charge is -2.07. The Balaban J connectivity index is 2.54. The molecule has 0 radical (unpaired) electrons. The standard InChI is InChI=1S/C12H15FO2/c1-2-3-11(14)12(15)8-9-4-6-10(13)7-5-9/h4-7,11,14H,2-3,8H2,1H3. The molecule has 1 aromatic rings. The highest BCUT2D eigenvalue weighted by molar-refractivity contribution is 5.84. The predicted molar refractivity (Wildman–Crippen MR) is 56.0 cm³/mol. The Labute approximate surface area is 88.7 Å². The van der Waals surface area contributed by atoms with Gasteiger partial charge in [-0.2, -0.15) is 0 Å². The van der Waals surface area contributed by atoms with Gasteiger partial charge >= 0.3 is 0 Å². The fourth-order valence-electron chi connectivity index (χ4n) is 1.36. The van der Waals surface area contributed by atoms with Gasteiger partial charge in [-0.25, -0.2) is 4.39 Å². The summed E-state index contributed by atoms with van der Waals surface area (Å²) >= 11 is 0. The normalized spacial score (nSPS) is 12.5. The zero-order chi connectivity index (χ0) is 11.3. The Morgan fingerprint density at radius 3 is 2.53 bits per heavy atom. The highest BCUT2D eigenvalue weighted by Gasteiger charge is 2.13. The maximum absolute atomic E-state index is 12.6. The molecule has 0 spiro atoms. The first-order valence-corrected chi connectivity index (χ1v) is 5.08. The van der Waals surface area contributed by atoms with E-state index in [1.54, 1.807) is 12.1 Å². The van der Waals surface area contributed by atoms with Crippen molar-refractivity contribution in [2.45, 2.75) is 32.3 Å². The minimum atomic E-state index is -0.889. The van der Waals surface area contributed by atoms with Crippen LogP contribution in [0.15, 0.2) is 24.3 Å². The minimum Gasteiger partial charge on any atom is -0.385 e. The zero-order valence-electron chi connectivity index (χ0n) is 8.74. The number of carbonyl (C=O) groups excluding carboxylic acids is 1. The largest absolute Gasteiger partial charge is 0.385 e. The molecule has 3 heteroatoms. The van der Waals surface area contributed by atoms with Gasteiger partial charge < -0.3 is 5.11 Å². The number of carbonyl (C=O) groups is 1. The Morgan fingerprint density at radius 2 is 2.00 bits per heavy atom. The summed E-state index contributed by atoms with van der Waals surface area (Å²) in [5, 5.41) is 9.41. The summed E-state index contributed by atoms with van der Waals surface area (Å²) in [5.74, 6) is -0.524. The van der Waals surface area contributed by atoms with E-state index in [0.717, 1.165) is 12.0 Å². The van der Waals surface area contributed by atoms with Gasteiger partial charge in [0.1, 0.15) is 11.9 Å². The highest BCUT2D eigenvalue weighted by Crippen LogP contribution is 2.07. The van der Waals surface area contributed by atoms with Gasteiger partial charge in [0.25, 0.3) is 0 Å². The molecular weight excluding hydrogens is 195 g/mol. The second-order valence-corrected chi connectivity index (χ2v) is 3.57. The average Bonchev–Trinajstić information content (AvgIpc) is 2.22. The molecule has 0 aromatic heterocycles. The third-order valence-corrected chi connectivity index (χ3v) is 2.23. The van der Waals surface area contributed by atoms with Crippen LogP contribution in [-0.2, 0) is 11.2 Å². The van der Waals surface area contributed by atoms with Crippen LogP contribution in [0, 0.1) is 5.82 Å². The molecule has 1 N–H and O–H groups in total. The van der Waals surface area contributed by atoms with Gasteiger partial charge in [0, 0.05) is 6.42 Å². The summed E-state index contributed by atoms with van der Waals surface area (Å²) in [6.07, 6.45) is 0.540. The number of rotatable bonds is 5. The van der Waals surface area contributed by atoms with Crippen LogP contribution in [0.4, 0.5) is 4.39 Å². The summed E-state index contributed by atoms with van der Waals surface area (Å²) < 4.78 is 12.6. The fourth-order valence-corrected chi connectivity index (χ4v) is 1.36. The molecular formula is C12H15FO2. The first kappa shape index (κ1) is 11.9. The number of ketones is 1. The zero-order valence-corrected chi connectivity index (χ0v) is 8.74. The van der Waals surface area contributed by atoms with Crippen LogP contribution in [0.5, 0.6) is 0 Å². The van der Waals surface area contributed by atoms with Crippen molar-refractivity contribution in [3.8, 4) is 0 Å². The molecule has 1 unspecified atom stereocenters. The third kappa shape index (κ3) is 3.80. The minimum absolute atomic E-state index is 0.168. The van der Waals surface area contributed by atoms with Crippen LogP contribution in [0.25, 0.3) is 0 Å². The van der Waals surface area contributed by atoms with Crippen molar-refractivity contribution in [3.05, 3.63) is 35.6 Å². The lowest BCUT2D eigenvalue weighted by molar-refractivity contribution is -0.126. The first-order valence-electron chi connectivity index (χ1n) is 5.08. The molecule has 0 saturated heterocycles. The summed E-state index contributed by atoms with van der Waals surface area (Å²) in [4.78, 5) is 11.4. The molecule has 1 atom stereocenters. The molecule has 0 saturated carbocycles. The first-order chi connectivity index (χ1) is 7.13. The Bertz CT molecular complexity index is 319. The fraction of sp³-hybridized carbons (Fsp3) is 0.417. The monoisotopic (exact) mass is 210 g/mol. The van der Waals surface area contributed by atoms with Crippen molar-refractivity contribution in [3.63, 3.8) is 0 Å². The number of halogens is 1. The predicted octanol–water partition coefficient (Wildman–Crippen LogP) is 2.10.